The van der Waals surface area contributed by atoms with Crippen molar-refractivity contribution in [1.29, 1.82) is 0 Å². The number of phosphoric ester groups is 1. The highest BCUT2D eigenvalue weighted by Crippen LogP contribution is 2.43. The fourth-order valence-corrected chi connectivity index (χ4v) is 6.28. The van der Waals surface area contributed by atoms with Crippen LogP contribution < -0.4 is 0 Å². The van der Waals surface area contributed by atoms with Gasteiger partial charge in [0.25, 0.3) is 0 Å². The third kappa shape index (κ3) is 47.8. The Morgan fingerprint density at radius 1 is 0.508 bits per heavy atom. The minimum absolute atomic E-state index is 0.0629. The SMILES string of the molecule is CC/C=C\C/C=C\C/C=C\C/C=C\C/C=C\CCCCCCCCCCOCC(COP(=O)(O)OCC[N+](C)(C)C)OC(=O)C/C=C\C/C=C\C/C=C\C/C=C\C/C=C\CC. The molecule has 0 aromatic rings. The van der Waals surface area contributed by atoms with Crippen LogP contribution in [0.2, 0.25) is 0 Å². The number of phosphoric acid groups is 1. The van der Waals surface area contributed by atoms with Crippen LogP contribution in [0.4, 0.5) is 0 Å². The monoisotopic (exact) mass is 869 g/mol. The van der Waals surface area contributed by atoms with Crippen LogP contribution in [0, 0.1) is 0 Å². The van der Waals surface area contributed by atoms with E-state index in [4.69, 9.17) is 18.5 Å². The molecule has 0 aromatic heterocycles. The quantitative estimate of drug-likeness (QED) is 0.0215. The van der Waals surface area contributed by atoms with Gasteiger partial charge in [-0.15, -0.1) is 0 Å². The average molecular weight is 869 g/mol. The van der Waals surface area contributed by atoms with E-state index in [0.29, 0.717) is 24.1 Å². The van der Waals surface area contributed by atoms with Crippen LogP contribution in [-0.4, -0.2) is 75.6 Å². The van der Waals surface area contributed by atoms with Crippen LogP contribution in [0.1, 0.15) is 142 Å². The minimum atomic E-state index is -4.31. The molecule has 2 atom stereocenters. The Bertz CT molecular complexity index is 1380. The second-order valence-corrected chi connectivity index (χ2v) is 17.5. The summed E-state index contributed by atoms with van der Waals surface area (Å²) in [6.07, 6.45) is 62.7. The number of hydrogen-bond acceptors (Lipinski definition) is 6. The lowest BCUT2D eigenvalue weighted by Crippen LogP contribution is -2.37. The molecule has 346 valence electrons. The van der Waals surface area contributed by atoms with Gasteiger partial charge in [0.2, 0.25) is 0 Å². The Morgan fingerprint density at radius 2 is 0.902 bits per heavy atom. The zero-order valence-corrected chi connectivity index (χ0v) is 40.0. The van der Waals surface area contributed by atoms with Gasteiger partial charge in [-0.1, -0.05) is 174 Å². The summed E-state index contributed by atoms with van der Waals surface area (Å²) in [5.41, 5.74) is 0. The van der Waals surface area contributed by atoms with Gasteiger partial charge in [-0.25, -0.2) is 4.57 Å². The van der Waals surface area contributed by atoms with Gasteiger partial charge in [0.1, 0.15) is 19.3 Å². The third-order valence-corrected chi connectivity index (χ3v) is 10.0. The standard InChI is InChI=1S/C52H86NO7P/c1-6-8-10-12-14-16-18-20-22-23-24-25-26-27-28-29-30-32-34-36-38-40-42-44-47-57-49-51(50-59-61(55,56)58-48-46-53(3,4)5)60-52(54)45-43-41-39-37-35-33-31-21-19-17-15-13-11-9-7-2/h8-11,14-17,20-22,24-25,27-28,31,35,37,41,43,51H,6-7,12-13,18-19,23,26,29-30,32-34,36,38-40,42,44-50H2,1-5H3/p+1/b10-8-,11-9-,16-14-,17-15-,22-20-,25-24-,28-27-,31-21-,37-35-,43-41-. The molecule has 8 nitrogen and oxygen atoms in total. The summed E-state index contributed by atoms with van der Waals surface area (Å²) < 4.78 is 34.9. The molecule has 0 fully saturated rings. The summed E-state index contributed by atoms with van der Waals surface area (Å²) in [7, 11) is 1.58. The van der Waals surface area contributed by atoms with Gasteiger partial charge in [0.15, 0.2) is 0 Å². The Balaban J connectivity index is 4.31. The van der Waals surface area contributed by atoms with Gasteiger partial charge >= 0.3 is 13.8 Å². The number of unbranched alkanes of at least 4 members (excludes halogenated alkanes) is 8. The van der Waals surface area contributed by atoms with E-state index in [1.165, 1.54) is 32.1 Å². The second-order valence-electron chi connectivity index (χ2n) is 16.0. The lowest BCUT2D eigenvalue weighted by atomic mass is 10.1. The van der Waals surface area contributed by atoms with Crippen LogP contribution in [0.5, 0.6) is 0 Å². The number of ether oxygens (including phenoxy) is 2. The number of allylic oxidation sites excluding steroid dienone is 19. The van der Waals surface area contributed by atoms with E-state index in [0.717, 1.165) is 83.5 Å². The number of nitrogens with zero attached hydrogens (tertiary/aromatic N) is 1. The van der Waals surface area contributed by atoms with Crippen molar-refractivity contribution in [2.45, 2.75) is 148 Å². The lowest BCUT2D eigenvalue weighted by Gasteiger charge is -2.24. The molecule has 0 radical (unpaired) electrons. The molecule has 1 N–H and O–H groups in total. The van der Waals surface area contributed by atoms with Crippen LogP contribution in [0.15, 0.2) is 122 Å². The number of hydrogen-bond donors (Lipinski definition) is 1. The molecule has 0 saturated heterocycles. The maximum absolute atomic E-state index is 12.6. The van der Waals surface area contributed by atoms with Crippen LogP contribution in [0.3, 0.4) is 0 Å². The zero-order chi connectivity index (χ0) is 44.8. The molecule has 0 bridgehead atoms. The van der Waals surface area contributed by atoms with Crippen LogP contribution >= 0.6 is 7.82 Å². The number of rotatable bonds is 41. The molecule has 9 heteroatoms. The van der Waals surface area contributed by atoms with Gasteiger partial charge in [0, 0.05) is 6.61 Å². The van der Waals surface area contributed by atoms with Gasteiger partial charge in [-0.3, -0.25) is 13.8 Å². The topological polar surface area (TPSA) is 91.3 Å². The van der Waals surface area contributed by atoms with Crippen molar-refractivity contribution in [3.8, 4) is 0 Å². The van der Waals surface area contributed by atoms with E-state index < -0.39 is 19.9 Å². The Morgan fingerprint density at radius 3 is 1.34 bits per heavy atom. The smallest absolute Gasteiger partial charge is 0.457 e. The van der Waals surface area contributed by atoms with Crippen molar-refractivity contribution in [3.05, 3.63) is 122 Å². The summed E-state index contributed by atoms with van der Waals surface area (Å²) in [6.45, 7) is 5.20. The Hall–Kier alpha value is -3.10. The first-order chi connectivity index (χ1) is 29.6. The lowest BCUT2D eigenvalue weighted by molar-refractivity contribution is -0.870. The molecule has 0 heterocycles. The highest BCUT2D eigenvalue weighted by atomic mass is 31.2. The number of likely N-dealkylation sites (N-methyl/N-ethyl adjacent to an activating group) is 1. The molecule has 0 amide bonds. The van der Waals surface area contributed by atoms with Crippen LogP contribution in [0.25, 0.3) is 0 Å². The molecular weight excluding hydrogens is 782 g/mol. The zero-order valence-electron chi connectivity index (χ0n) is 39.1. The molecule has 0 saturated carbocycles. The van der Waals surface area contributed by atoms with E-state index in [2.05, 4.69) is 123 Å². The molecule has 0 rings (SSSR count). The van der Waals surface area contributed by atoms with Crippen molar-refractivity contribution >= 4 is 13.8 Å². The number of carbonyl (C=O) groups excluding carboxylic acids is 1. The predicted molar refractivity (Wildman–Crippen MR) is 260 cm³/mol. The number of carbonyl (C=O) groups is 1. The fraction of sp³-hybridized carbons (Fsp3) is 0.596. The Labute approximate surface area is 373 Å². The molecule has 0 spiro atoms. The highest BCUT2D eigenvalue weighted by molar-refractivity contribution is 7.47. The number of esters is 1. The van der Waals surface area contributed by atoms with Gasteiger partial charge in [-0.2, -0.15) is 0 Å². The van der Waals surface area contributed by atoms with E-state index in [-0.39, 0.29) is 26.2 Å². The van der Waals surface area contributed by atoms with E-state index >= 15 is 0 Å². The summed E-state index contributed by atoms with van der Waals surface area (Å²) in [5, 5.41) is 0. The van der Waals surface area contributed by atoms with Crippen molar-refractivity contribution in [2.24, 2.45) is 0 Å². The van der Waals surface area contributed by atoms with Gasteiger partial charge in [-0.05, 0) is 83.5 Å². The Kier molecular flexibility index (Phi) is 41.3. The maximum Gasteiger partial charge on any atom is 0.472 e. The highest BCUT2D eigenvalue weighted by Gasteiger charge is 2.26. The molecule has 2 unspecified atom stereocenters. The molecule has 0 aliphatic heterocycles. The molecule has 61 heavy (non-hydrogen) atoms. The second kappa shape index (κ2) is 43.5. The van der Waals surface area contributed by atoms with Crippen LogP contribution in [-0.2, 0) is 27.9 Å². The first-order valence-electron chi connectivity index (χ1n) is 23.3. The molecule has 0 aliphatic carbocycles. The first-order valence-corrected chi connectivity index (χ1v) is 24.8. The molecule has 0 aliphatic rings. The fourth-order valence-electron chi connectivity index (χ4n) is 5.54. The van der Waals surface area contributed by atoms with E-state index in [1.54, 1.807) is 6.08 Å². The third-order valence-electron chi connectivity index (χ3n) is 9.05. The van der Waals surface area contributed by atoms with Crippen molar-refractivity contribution in [2.75, 3.05) is 54.1 Å². The van der Waals surface area contributed by atoms with Crippen molar-refractivity contribution in [1.82, 2.24) is 0 Å². The van der Waals surface area contributed by atoms with Crippen molar-refractivity contribution in [3.63, 3.8) is 0 Å². The van der Waals surface area contributed by atoms with Gasteiger partial charge < -0.3 is 18.9 Å². The van der Waals surface area contributed by atoms with Gasteiger partial charge in [0.05, 0.1) is 40.8 Å². The van der Waals surface area contributed by atoms with E-state index in [1.807, 2.05) is 27.2 Å². The summed E-state index contributed by atoms with van der Waals surface area (Å²) in [6, 6.07) is 0. The summed E-state index contributed by atoms with van der Waals surface area (Å²) in [5.74, 6) is -0.449. The van der Waals surface area contributed by atoms with E-state index in [9.17, 15) is 14.3 Å². The largest absolute Gasteiger partial charge is 0.472 e. The minimum Gasteiger partial charge on any atom is -0.457 e. The average Bonchev–Trinajstić information content (AvgIpc) is 3.22. The summed E-state index contributed by atoms with van der Waals surface area (Å²) in [4.78, 5) is 22.8. The summed E-state index contributed by atoms with van der Waals surface area (Å²) >= 11 is 0. The van der Waals surface area contributed by atoms with Crippen molar-refractivity contribution < 1.29 is 37.3 Å². The maximum atomic E-state index is 12.6. The molecule has 0 aromatic carbocycles. The normalized spacial score (nSPS) is 14.8. The first kappa shape index (κ1) is 57.9. The number of quaternary nitrogens is 1. The molecular formula is C52H87NO7P+. The predicted octanol–water partition coefficient (Wildman–Crippen LogP) is 14.2.